The summed E-state index contributed by atoms with van der Waals surface area (Å²) in [5.41, 5.74) is 6.01. The third-order valence-electron chi connectivity index (χ3n) is 6.15. The van der Waals surface area contributed by atoms with Crippen LogP contribution in [0.15, 0.2) is 60.7 Å². The van der Waals surface area contributed by atoms with Crippen molar-refractivity contribution in [2.75, 3.05) is 0 Å². The Morgan fingerprint density at radius 1 is 0.724 bits per heavy atom. The molecular formula is C27H18N2. The monoisotopic (exact) mass is 370 g/mol. The van der Waals surface area contributed by atoms with Crippen LogP contribution in [0.1, 0.15) is 33.4 Å². The van der Waals surface area contributed by atoms with E-state index in [-0.39, 0.29) is 0 Å². The van der Waals surface area contributed by atoms with Crippen molar-refractivity contribution in [3.63, 3.8) is 0 Å². The van der Waals surface area contributed by atoms with Gasteiger partial charge >= 0.3 is 0 Å². The molecule has 0 N–H and O–H groups in total. The van der Waals surface area contributed by atoms with Crippen LogP contribution in [0.25, 0.3) is 32.3 Å². The first kappa shape index (κ1) is 17.2. The number of benzene rings is 5. The molecule has 0 aliphatic heterocycles. The number of rotatable bonds is 2. The summed E-state index contributed by atoms with van der Waals surface area (Å²) < 4.78 is 0. The molecule has 2 nitrogen and oxygen atoms in total. The standard InChI is InChI=1S/C27H18N2/c1-16-5-3-4-6-18(16)13-25-22(15-29)12-20-7-9-23-17(2)21(14-28)11-19-8-10-24(25)27(20)26(19)23/h3-12H,13H2,1-2H3. The van der Waals surface area contributed by atoms with E-state index in [1.165, 1.54) is 21.9 Å². The lowest BCUT2D eigenvalue weighted by Crippen LogP contribution is -1.99. The molecule has 0 atom stereocenters. The molecule has 0 heterocycles. The fourth-order valence-electron chi connectivity index (χ4n) is 4.55. The third-order valence-corrected chi connectivity index (χ3v) is 6.15. The molecule has 5 aromatic carbocycles. The predicted octanol–water partition coefficient (Wildman–Crippen LogP) is 6.54. The lowest BCUT2D eigenvalue weighted by atomic mass is 9.85. The van der Waals surface area contributed by atoms with Gasteiger partial charge in [0.15, 0.2) is 0 Å². The van der Waals surface area contributed by atoms with Gasteiger partial charge in [-0.1, -0.05) is 48.5 Å². The van der Waals surface area contributed by atoms with Crippen LogP contribution < -0.4 is 0 Å². The maximum absolute atomic E-state index is 9.88. The minimum atomic E-state index is 0.716. The second-order valence-corrected chi connectivity index (χ2v) is 7.70. The van der Waals surface area contributed by atoms with E-state index in [4.69, 9.17) is 0 Å². The zero-order chi connectivity index (χ0) is 20.1. The summed E-state index contributed by atoms with van der Waals surface area (Å²) in [6, 6.07) is 25.5. The summed E-state index contributed by atoms with van der Waals surface area (Å²) in [6.45, 7) is 4.13. The van der Waals surface area contributed by atoms with Crippen LogP contribution in [-0.4, -0.2) is 0 Å². The SMILES string of the molecule is Cc1ccccc1Cc1c(C#N)cc2ccc3c(C)c(C#N)cc4ccc1c2c43. The van der Waals surface area contributed by atoms with Gasteiger partial charge in [0.1, 0.15) is 0 Å². The molecule has 0 unspecified atom stereocenters. The minimum absolute atomic E-state index is 0.716. The van der Waals surface area contributed by atoms with Crippen LogP contribution in [0.4, 0.5) is 0 Å². The summed E-state index contributed by atoms with van der Waals surface area (Å²) in [6.07, 6.45) is 0.728. The van der Waals surface area contributed by atoms with E-state index in [2.05, 4.69) is 61.5 Å². The summed E-state index contributed by atoms with van der Waals surface area (Å²) in [7, 11) is 0. The maximum Gasteiger partial charge on any atom is 0.0995 e. The van der Waals surface area contributed by atoms with E-state index < -0.39 is 0 Å². The first-order valence-corrected chi connectivity index (χ1v) is 9.71. The maximum atomic E-state index is 9.88. The summed E-state index contributed by atoms with van der Waals surface area (Å²) in [5, 5.41) is 26.2. The molecule has 0 spiro atoms. The van der Waals surface area contributed by atoms with E-state index in [0.717, 1.165) is 44.7 Å². The van der Waals surface area contributed by atoms with Gasteiger partial charge in [-0.2, -0.15) is 10.5 Å². The van der Waals surface area contributed by atoms with Crippen molar-refractivity contribution in [3.05, 3.63) is 94.0 Å². The molecule has 0 saturated heterocycles. The first-order valence-electron chi connectivity index (χ1n) is 9.71. The van der Waals surface area contributed by atoms with Gasteiger partial charge in [-0.05, 0) is 87.0 Å². The highest BCUT2D eigenvalue weighted by Gasteiger charge is 2.17. The van der Waals surface area contributed by atoms with Crippen molar-refractivity contribution in [3.8, 4) is 12.1 Å². The third kappa shape index (κ3) is 2.47. The summed E-state index contributed by atoms with van der Waals surface area (Å²) in [5.74, 6) is 0. The Balaban J connectivity index is 1.91. The van der Waals surface area contributed by atoms with Crippen molar-refractivity contribution in [1.29, 1.82) is 10.5 Å². The molecule has 0 radical (unpaired) electrons. The Kier molecular flexibility index (Phi) is 3.76. The average Bonchev–Trinajstić information content (AvgIpc) is 2.75. The van der Waals surface area contributed by atoms with Gasteiger partial charge in [-0.25, -0.2) is 0 Å². The molecule has 29 heavy (non-hydrogen) atoms. The Bertz CT molecular complexity index is 1510. The zero-order valence-electron chi connectivity index (χ0n) is 16.4. The molecule has 0 aliphatic carbocycles. The summed E-state index contributed by atoms with van der Waals surface area (Å²) >= 11 is 0. The normalized spacial score (nSPS) is 11.2. The van der Waals surface area contributed by atoms with Gasteiger partial charge in [0.05, 0.1) is 23.3 Å². The fourth-order valence-corrected chi connectivity index (χ4v) is 4.55. The van der Waals surface area contributed by atoms with Gasteiger partial charge < -0.3 is 0 Å². The van der Waals surface area contributed by atoms with Crippen molar-refractivity contribution < 1.29 is 0 Å². The predicted molar refractivity (Wildman–Crippen MR) is 118 cm³/mol. The highest BCUT2D eigenvalue weighted by atomic mass is 14.3. The molecule has 5 aromatic rings. The number of nitriles is 2. The van der Waals surface area contributed by atoms with Gasteiger partial charge in [0.2, 0.25) is 0 Å². The van der Waals surface area contributed by atoms with Crippen molar-refractivity contribution in [2.45, 2.75) is 20.3 Å². The van der Waals surface area contributed by atoms with Crippen LogP contribution in [0.2, 0.25) is 0 Å². The molecule has 0 aromatic heterocycles. The van der Waals surface area contributed by atoms with Crippen LogP contribution in [0, 0.1) is 36.5 Å². The number of nitrogens with zero attached hydrogens (tertiary/aromatic N) is 2. The Morgan fingerprint density at radius 2 is 1.34 bits per heavy atom. The van der Waals surface area contributed by atoms with E-state index in [0.29, 0.717) is 5.56 Å². The Hall–Kier alpha value is -3.88. The molecule has 0 saturated carbocycles. The van der Waals surface area contributed by atoms with Crippen molar-refractivity contribution in [1.82, 2.24) is 0 Å². The number of aryl methyl sites for hydroxylation is 2. The van der Waals surface area contributed by atoms with Gasteiger partial charge in [-0.15, -0.1) is 0 Å². The quantitative estimate of drug-likeness (QED) is 0.331. The average molecular weight is 370 g/mol. The van der Waals surface area contributed by atoms with Crippen LogP contribution >= 0.6 is 0 Å². The fraction of sp³-hybridized carbons (Fsp3) is 0.111. The molecule has 136 valence electrons. The Labute approximate surface area is 169 Å². The highest BCUT2D eigenvalue weighted by molar-refractivity contribution is 6.24. The molecule has 0 bridgehead atoms. The number of hydrogen-bond acceptors (Lipinski definition) is 2. The first-order chi connectivity index (χ1) is 14.1. The lowest BCUT2D eigenvalue weighted by Gasteiger charge is -2.17. The van der Waals surface area contributed by atoms with Crippen LogP contribution in [-0.2, 0) is 6.42 Å². The van der Waals surface area contributed by atoms with Gasteiger partial charge in [-0.3, -0.25) is 0 Å². The molecule has 0 aliphatic rings. The van der Waals surface area contributed by atoms with Gasteiger partial charge in [0.25, 0.3) is 0 Å². The highest BCUT2D eigenvalue weighted by Crippen LogP contribution is 2.40. The van der Waals surface area contributed by atoms with E-state index >= 15 is 0 Å². The molecule has 2 heteroatoms. The van der Waals surface area contributed by atoms with Crippen molar-refractivity contribution in [2.24, 2.45) is 0 Å². The van der Waals surface area contributed by atoms with E-state index in [1.54, 1.807) is 0 Å². The van der Waals surface area contributed by atoms with Crippen LogP contribution in [0.5, 0.6) is 0 Å². The molecule has 0 amide bonds. The second-order valence-electron chi connectivity index (χ2n) is 7.70. The number of hydrogen-bond donors (Lipinski definition) is 0. The largest absolute Gasteiger partial charge is 0.192 e. The van der Waals surface area contributed by atoms with Gasteiger partial charge in [0, 0.05) is 0 Å². The summed E-state index contributed by atoms with van der Waals surface area (Å²) in [4.78, 5) is 0. The minimum Gasteiger partial charge on any atom is -0.192 e. The van der Waals surface area contributed by atoms with E-state index in [9.17, 15) is 10.5 Å². The van der Waals surface area contributed by atoms with E-state index in [1.807, 2.05) is 25.1 Å². The van der Waals surface area contributed by atoms with Crippen molar-refractivity contribution >= 4 is 32.3 Å². The van der Waals surface area contributed by atoms with Crippen LogP contribution in [0.3, 0.4) is 0 Å². The molecular weight excluding hydrogens is 352 g/mol. The Morgan fingerprint density at radius 3 is 2.03 bits per heavy atom. The zero-order valence-corrected chi connectivity index (χ0v) is 16.4. The lowest BCUT2D eigenvalue weighted by molar-refractivity contribution is 1.16. The molecule has 5 rings (SSSR count). The topological polar surface area (TPSA) is 47.6 Å². The second kappa shape index (κ2) is 6.33. The molecule has 0 fully saturated rings. The smallest absolute Gasteiger partial charge is 0.0995 e.